The lowest BCUT2D eigenvalue weighted by Gasteiger charge is -2.39. The molecule has 1 amide bonds. The fourth-order valence-corrected chi connectivity index (χ4v) is 4.36. The van der Waals surface area contributed by atoms with Gasteiger partial charge in [0.1, 0.15) is 17.7 Å². The average Bonchev–Trinajstić information content (AvgIpc) is 2.90. The molecule has 4 N–H and O–H groups in total. The van der Waals surface area contributed by atoms with Gasteiger partial charge in [-0.2, -0.15) is 0 Å². The van der Waals surface area contributed by atoms with Gasteiger partial charge in [-0.25, -0.2) is 4.79 Å². The quantitative estimate of drug-likeness (QED) is 0.318. The molecule has 2 aliphatic rings. The number of nitrogens with one attached hydrogen (secondary N) is 2. The zero-order valence-electron chi connectivity index (χ0n) is 23.4. The molecule has 2 heterocycles. The first-order valence-corrected chi connectivity index (χ1v) is 13.1. The van der Waals surface area contributed by atoms with Gasteiger partial charge >= 0.3 is 6.09 Å². The maximum absolute atomic E-state index is 12.2. The van der Waals surface area contributed by atoms with Gasteiger partial charge < -0.3 is 25.6 Å². The van der Waals surface area contributed by atoms with Gasteiger partial charge in [0.2, 0.25) is 0 Å². The molecule has 0 atom stereocenters. The van der Waals surface area contributed by atoms with Crippen molar-refractivity contribution >= 4 is 23.9 Å². The Labute approximate surface area is 217 Å². The standard InChI is InChI=1S/C24H37N5O3.C2H6.CH5N/c1-24(2,3)32-23(31)29-13-11-27(12-14-29)16-18-7-9-28(10-8-18)22(25)20-15-19(17-30)5-6-21(20)26-4;2*1-2/h5-6,15,17-18,25-26H,7-14,16H2,1-4H3;1-2H3;2H2,1H3. The zero-order valence-corrected chi connectivity index (χ0v) is 23.4. The van der Waals surface area contributed by atoms with E-state index < -0.39 is 5.60 Å². The van der Waals surface area contributed by atoms with Crippen LogP contribution in [-0.2, 0) is 4.74 Å². The van der Waals surface area contributed by atoms with Crippen LogP contribution in [0.25, 0.3) is 0 Å². The Hall–Kier alpha value is -2.65. The summed E-state index contributed by atoms with van der Waals surface area (Å²) >= 11 is 0. The van der Waals surface area contributed by atoms with Crippen LogP contribution in [0.4, 0.5) is 10.5 Å². The van der Waals surface area contributed by atoms with Gasteiger partial charge in [-0.15, -0.1) is 0 Å². The van der Waals surface area contributed by atoms with Crippen molar-refractivity contribution in [2.24, 2.45) is 11.7 Å². The van der Waals surface area contributed by atoms with Crippen LogP contribution in [-0.4, -0.2) is 98.4 Å². The maximum Gasteiger partial charge on any atom is 0.410 e. The number of ether oxygens (including phenoxy) is 1. The second-order valence-electron chi connectivity index (χ2n) is 9.72. The minimum absolute atomic E-state index is 0.219. The first-order chi connectivity index (χ1) is 17.2. The first-order valence-electron chi connectivity index (χ1n) is 13.1. The SMILES string of the molecule is CC.CN.CNc1ccc(C=O)cc1C(=N)N1CCC(CN2CCN(C(=O)OC(C)(C)C)CC2)CC1. The van der Waals surface area contributed by atoms with Crippen LogP contribution in [0.3, 0.4) is 0 Å². The molecule has 2 saturated heterocycles. The molecule has 204 valence electrons. The lowest BCUT2D eigenvalue weighted by molar-refractivity contribution is 0.0126. The van der Waals surface area contributed by atoms with Gasteiger partial charge in [-0.1, -0.05) is 13.8 Å². The zero-order chi connectivity index (χ0) is 27.3. The Kier molecular flexibility index (Phi) is 13.5. The molecule has 3 rings (SSSR count). The number of nitrogens with two attached hydrogens (primary N) is 1. The first kappa shape index (κ1) is 31.4. The van der Waals surface area contributed by atoms with Crippen LogP contribution in [0.1, 0.15) is 63.4 Å². The van der Waals surface area contributed by atoms with E-state index in [1.165, 1.54) is 7.05 Å². The summed E-state index contributed by atoms with van der Waals surface area (Å²) in [5, 5.41) is 11.8. The molecule has 0 spiro atoms. The number of carbonyl (C=O) groups excluding carboxylic acids is 2. The number of likely N-dealkylation sites (tertiary alicyclic amines) is 1. The van der Waals surface area contributed by atoms with E-state index >= 15 is 0 Å². The van der Waals surface area contributed by atoms with Crippen molar-refractivity contribution in [3.63, 3.8) is 0 Å². The predicted molar refractivity (Wildman–Crippen MR) is 148 cm³/mol. The van der Waals surface area contributed by atoms with Gasteiger partial charge in [0.05, 0.1) is 0 Å². The van der Waals surface area contributed by atoms with Crippen molar-refractivity contribution in [3.8, 4) is 0 Å². The number of nitrogens with zero attached hydrogens (tertiary/aromatic N) is 3. The Bertz CT molecular complexity index is 823. The van der Waals surface area contributed by atoms with Gasteiger partial charge in [-0.05, 0) is 64.8 Å². The number of hydrogen-bond acceptors (Lipinski definition) is 7. The fourth-order valence-electron chi connectivity index (χ4n) is 4.36. The van der Waals surface area contributed by atoms with Crippen molar-refractivity contribution < 1.29 is 14.3 Å². The minimum atomic E-state index is -0.460. The Morgan fingerprint density at radius 2 is 1.67 bits per heavy atom. The highest BCUT2D eigenvalue weighted by Crippen LogP contribution is 2.24. The number of carbonyl (C=O) groups is 2. The Morgan fingerprint density at radius 3 is 2.17 bits per heavy atom. The number of piperidine rings is 1. The second kappa shape index (κ2) is 15.5. The number of amidine groups is 1. The fraction of sp³-hybridized carbons (Fsp3) is 0.667. The number of anilines is 1. The third-order valence-corrected chi connectivity index (χ3v) is 6.18. The van der Waals surface area contributed by atoms with Gasteiger partial charge in [0.25, 0.3) is 0 Å². The molecule has 0 radical (unpaired) electrons. The van der Waals surface area contributed by atoms with E-state index in [0.717, 1.165) is 63.1 Å². The average molecular weight is 505 g/mol. The summed E-state index contributed by atoms with van der Waals surface area (Å²) in [6.07, 6.45) is 2.68. The molecular weight excluding hydrogens is 456 g/mol. The van der Waals surface area contributed by atoms with Gasteiger partial charge in [0.15, 0.2) is 0 Å². The van der Waals surface area contributed by atoms with E-state index in [0.29, 0.717) is 30.4 Å². The lowest BCUT2D eigenvalue weighted by atomic mass is 9.95. The summed E-state index contributed by atoms with van der Waals surface area (Å²) < 4.78 is 5.48. The number of piperazine rings is 1. The molecule has 0 unspecified atom stereocenters. The van der Waals surface area contributed by atoms with E-state index in [-0.39, 0.29) is 6.09 Å². The summed E-state index contributed by atoms with van der Waals surface area (Å²) in [7, 11) is 3.33. The number of rotatable bonds is 5. The molecule has 0 saturated carbocycles. The van der Waals surface area contributed by atoms with Gasteiger partial charge in [-0.3, -0.25) is 15.1 Å². The van der Waals surface area contributed by atoms with Crippen LogP contribution in [0.5, 0.6) is 0 Å². The molecule has 0 aliphatic carbocycles. The normalized spacial score (nSPS) is 16.7. The molecule has 0 bridgehead atoms. The second-order valence-corrected chi connectivity index (χ2v) is 9.72. The predicted octanol–water partition coefficient (Wildman–Crippen LogP) is 3.73. The molecule has 9 nitrogen and oxygen atoms in total. The Balaban J connectivity index is 0.00000154. The number of aldehydes is 1. The van der Waals surface area contributed by atoms with Crippen molar-refractivity contribution in [2.75, 3.05) is 65.2 Å². The van der Waals surface area contributed by atoms with Crippen molar-refractivity contribution in [1.29, 1.82) is 5.41 Å². The lowest BCUT2D eigenvalue weighted by Crippen LogP contribution is -2.51. The van der Waals surface area contributed by atoms with E-state index in [2.05, 4.69) is 20.9 Å². The number of amides is 1. The van der Waals surface area contributed by atoms with Crippen molar-refractivity contribution in [3.05, 3.63) is 29.3 Å². The van der Waals surface area contributed by atoms with Crippen LogP contribution in [0.15, 0.2) is 18.2 Å². The third kappa shape index (κ3) is 9.43. The minimum Gasteiger partial charge on any atom is -0.444 e. The monoisotopic (exact) mass is 504 g/mol. The molecule has 1 aromatic carbocycles. The van der Waals surface area contributed by atoms with Crippen molar-refractivity contribution in [1.82, 2.24) is 14.7 Å². The van der Waals surface area contributed by atoms with E-state index in [4.69, 9.17) is 10.1 Å². The van der Waals surface area contributed by atoms with Crippen LogP contribution < -0.4 is 11.1 Å². The van der Waals surface area contributed by atoms with Gasteiger partial charge in [0, 0.05) is 69.7 Å². The highest BCUT2D eigenvalue weighted by molar-refractivity contribution is 6.02. The largest absolute Gasteiger partial charge is 0.444 e. The van der Waals surface area contributed by atoms with E-state index in [1.54, 1.807) is 17.0 Å². The molecular formula is C27H48N6O3. The van der Waals surface area contributed by atoms with Crippen molar-refractivity contribution in [2.45, 2.75) is 53.1 Å². The van der Waals surface area contributed by atoms with Crippen LogP contribution in [0, 0.1) is 11.3 Å². The summed E-state index contributed by atoms with van der Waals surface area (Å²) in [5.74, 6) is 1.07. The highest BCUT2D eigenvalue weighted by Gasteiger charge is 2.28. The molecule has 2 aliphatic heterocycles. The number of benzene rings is 1. The van der Waals surface area contributed by atoms with Crippen LogP contribution >= 0.6 is 0 Å². The number of hydrogen-bond donors (Lipinski definition) is 3. The highest BCUT2D eigenvalue weighted by atomic mass is 16.6. The topological polar surface area (TPSA) is 115 Å². The maximum atomic E-state index is 12.2. The summed E-state index contributed by atoms with van der Waals surface area (Å²) in [6.45, 7) is 15.6. The van der Waals surface area contributed by atoms with E-state index in [1.807, 2.05) is 47.7 Å². The molecule has 2 fully saturated rings. The molecule has 1 aromatic rings. The summed E-state index contributed by atoms with van der Waals surface area (Å²) in [5.41, 5.74) is 6.27. The third-order valence-electron chi connectivity index (χ3n) is 6.18. The van der Waals surface area contributed by atoms with E-state index in [9.17, 15) is 9.59 Å². The molecule has 36 heavy (non-hydrogen) atoms. The molecule has 0 aromatic heterocycles. The smallest absolute Gasteiger partial charge is 0.410 e. The van der Waals surface area contributed by atoms with Crippen LogP contribution in [0.2, 0.25) is 0 Å². The Morgan fingerprint density at radius 1 is 1.08 bits per heavy atom. The molecule has 9 heteroatoms. The summed E-state index contributed by atoms with van der Waals surface area (Å²) in [6, 6.07) is 5.42. The summed E-state index contributed by atoms with van der Waals surface area (Å²) in [4.78, 5) is 29.8.